The maximum absolute atomic E-state index is 12.2. The maximum Gasteiger partial charge on any atom is 0.251 e. The van der Waals surface area contributed by atoms with Crippen molar-refractivity contribution in [3.05, 3.63) is 28.0 Å². The zero-order valence-corrected chi connectivity index (χ0v) is 11.3. The van der Waals surface area contributed by atoms with Gasteiger partial charge in [0.15, 0.2) is 0 Å². The summed E-state index contributed by atoms with van der Waals surface area (Å²) < 4.78 is 1.73. The van der Waals surface area contributed by atoms with Crippen molar-refractivity contribution in [1.82, 2.24) is 4.57 Å². The second kappa shape index (κ2) is 5.17. The lowest BCUT2D eigenvalue weighted by atomic mass is 9.83. The molecular formula is C13H17N3OS. The molecule has 0 bridgehead atoms. The first-order valence-corrected chi connectivity index (χ1v) is 7.04. The van der Waals surface area contributed by atoms with Crippen LogP contribution in [0, 0.1) is 11.3 Å². The third-order valence-corrected chi connectivity index (χ3v) is 4.37. The normalized spacial score (nSPS) is 18.3. The van der Waals surface area contributed by atoms with Crippen molar-refractivity contribution in [3.63, 3.8) is 0 Å². The first-order chi connectivity index (χ1) is 8.62. The van der Waals surface area contributed by atoms with Gasteiger partial charge in [-0.3, -0.25) is 14.5 Å². The molecule has 1 aromatic heterocycles. The molecule has 1 aromatic rings. The van der Waals surface area contributed by atoms with Crippen molar-refractivity contribution in [2.24, 2.45) is 5.14 Å². The molecule has 1 saturated carbocycles. The fraction of sp³-hybridized carbons (Fsp3) is 0.538. The summed E-state index contributed by atoms with van der Waals surface area (Å²) in [6.07, 6.45) is 5.39. The van der Waals surface area contributed by atoms with Crippen LogP contribution in [-0.2, 0) is 5.54 Å². The Morgan fingerprint density at radius 2 is 2.06 bits per heavy atom. The zero-order chi connectivity index (χ0) is 13.2. The predicted molar refractivity (Wildman–Crippen MR) is 72.2 cm³/mol. The van der Waals surface area contributed by atoms with Crippen LogP contribution in [0.1, 0.15) is 44.6 Å². The van der Waals surface area contributed by atoms with Gasteiger partial charge in [-0.05, 0) is 37.8 Å². The van der Waals surface area contributed by atoms with E-state index in [1.54, 1.807) is 10.6 Å². The van der Waals surface area contributed by atoms with Crippen molar-refractivity contribution in [2.45, 2.75) is 49.6 Å². The van der Waals surface area contributed by atoms with E-state index < -0.39 is 0 Å². The van der Waals surface area contributed by atoms with Gasteiger partial charge in [0.25, 0.3) is 5.56 Å². The minimum absolute atomic E-state index is 0.0636. The quantitative estimate of drug-likeness (QED) is 0.831. The van der Waals surface area contributed by atoms with Crippen LogP contribution in [0.15, 0.2) is 22.0 Å². The van der Waals surface area contributed by atoms with E-state index in [0.717, 1.165) is 37.6 Å². The molecular weight excluding hydrogens is 246 g/mol. The highest BCUT2D eigenvalue weighted by molar-refractivity contribution is 7.97. The standard InChI is InChI=1S/C13H17N3OS/c1-13(7-3-2-4-8-13)16-11(17)6-5-10(9-14)12(16)18-15/h5-6H,2-4,7-8,15H2,1H3. The van der Waals surface area contributed by atoms with Gasteiger partial charge in [0.1, 0.15) is 11.1 Å². The van der Waals surface area contributed by atoms with Gasteiger partial charge < -0.3 is 0 Å². The minimum atomic E-state index is -0.204. The summed E-state index contributed by atoms with van der Waals surface area (Å²) in [6.45, 7) is 2.09. The monoisotopic (exact) mass is 263 g/mol. The van der Waals surface area contributed by atoms with E-state index in [1.807, 2.05) is 0 Å². The van der Waals surface area contributed by atoms with Crippen LogP contribution in [0.3, 0.4) is 0 Å². The maximum atomic E-state index is 12.2. The Morgan fingerprint density at radius 3 is 2.61 bits per heavy atom. The number of nitriles is 1. The van der Waals surface area contributed by atoms with Crippen molar-refractivity contribution >= 4 is 11.9 Å². The van der Waals surface area contributed by atoms with E-state index in [1.165, 1.54) is 12.5 Å². The summed E-state index contributed by atoms with van der Waals surface area (Å²) in [5, 5.41) is 15.4. The van der Waals surface area contributed by atoms with E-state index in [4.69, 9.17) is 10.4 Å². The molecule has 1 fully saturated rings. The molecule has 2 rings (SSSR count). The molecule has 0 aromatic carbocycles. The van der Waals surface area contributed by atoms with Crippen LogP contribution in [-0.4, -0.2) is 4.57 Å². The molecule has 18 heavy (non-hydrogen) atoms. The number of nitrogens with zero attached hydrogens (tertiary/aromatic N) is 2. The van der Waals surface area contributed by atoms with Crippen molar-refractivity contribution in [3.8, 4) is 6.07 Å². The minimum Gasteiger partial charge on any atom is -0.295 e. The lowest BCUT2D eigenvalue weighted by Crippen LogP contribution is -2.41. The van der Waals surface area contributed by atoms with Gasteiger partial charge in [0, 0.05) is 11.6 Å². The van der Waals surface area contributed by atoms with E-state index in [0.29, 0.717) is 10.6 Å². The van der Waals surface area contributed by atoms with E-state index >= 15 is 0 Å². The van der Waals surface area contributed by atoms with Crippen LogP contribution >= 0.6 is 11.9 Å². The molecule has 0 saturated heterocycles. The highest BCUT2D eigenvalue weighted by Crippen LogP contribution is 2.36. The number of rotatable bonds is 2. The molecule has 1 aliphatic rings. The summed E-state index contributed by atoms with van der Waals surface area (Å²) in [5.41, 5.74) is 0.212. The molecule has 0 radical (unpaired) electrons. The van der Waals surface area contributed by atoms with Gasteiger partial charge in [-0.1, -0.05) is 19.3 Å². The number of aromatic nitrogens is 1. The summed E-state index contributed by atoms with van der Waals surface area (Å²) in [5.74, 6) is 0. The number of hydrogen-bond donors (Lipinski definition) is 1. The first kappa shape index (κ1) is 13.2. The molecule has 1 heterocycles. The van der Waals surface area contributed by atoms with Crippen LogP contribution in [0.25, 0.3) is 0 Å². The molecule has 96 valence electrons. The highest BCUT2D eigenvalue weighted by Gasteiger charge is 2.32. The number of hydrogen-bond acceptors (Lipinski definition) is 4. The Bertz CT molecular complexity index is 538. The van der Waals surface area contributed by atoms with E-state index in [9.17, 15) is 4.79 Å². The molecule has 4 nitrogen and oxygen atoms in total. The van der Waals surface area contributed by atoms with Crippen molar-refractivity contribution in [1.29, 1.82) is 5.26 Å². The lowest BCUT2D eigenvalue weighted by Gasteiger charge is -2.37. The molecule has 2 N–H and O–H groups in total. The Hall–Kier alpha value is -1.25. The fourth-order valence-electron chi connectivity index (χ4n) is 2.77. The van der Waals surface area contributed by atoms with Crippen molar-refractivity contribution in [2.75, 3.05) is 0 Å². The predicted octanol–water partition coefficient (Wildman–Crippen LogP) is 2.37. The Morgan fingerprint density at radius 1 is 1.39 bits per heavy atom. The van der Waals surface area contributed by atoms with Gasteiger partial charge in [-0.15, -0.1) is 0 Å². The van der Waals surface area contributed by atoms with Gasteiger partial charge in [0.05, 0.1) is 5.56 Å². The largest absolute Gasteiger partial charge is 0.295 e. The molecule has 0 aliphatic heterocycles. The molecule has 0 amide bonds. The third kappa shape index (κ3) is 2.18. The fourth-order valence-corrected chi connectivity index (χ4v) is 3.43. The van der Waals surface area contributed by atoms with Crippen LogP contribution in [0.2, 0.25) is 0 Å². The van der Waals surface area contributed by atoms with Crippen LogP contribution in [0.4, 0.5) is 0 Å². The van der Waals surface area contributed by atoms with Crippen molar-refractivity contribution < 1.29 is 0 Å². The highest BCUT2D eigenvalue weighted by atomic mass is 32.2. The number of nitrogens with two attached hydrogens (primary N) is 1. The first-order valence-electron chi connectivity index (χ1n) is 6.16. The average Bonchev–Trinajstić information content (AvgIpc) is 2.38. The lowest BCUT2D eigenvalue weighted by molar-refractivity contribution is 0.198. The van der Waals surface area contributed by atoms with Gasteiger partial charge in [-0.2, -0.15) is 5.26 Å². The van der Waals surface area contributed by atoms with E-state index in [2.05, 4.69) is 13.0 Å². The SMILES string of the molecule is CC1(n2c(SN)c(C#N)ccc2=O)CCCCC1. The van der Waals surface area contributed by atoms with E-state index in [-0.39, 0.29) is 11.1 Å². The van der Waals surface area contributed by atoms with Crippen LogP contribution < -0.4 is 10.7 Å². The summed E-state index contributed by atoms with van der Waals surface area (Å²) >= 11 is 0.993. The molecule has 0 spiro atoms. The second-order valence-corrected chi connectivity index (χ2v) is 5.64. The van der Waals surface area contributed by atoms with Gasteiger partial charge in [-0.25, -0.2) is 0 Å². The number of pyridine rings is 1. The van der Waals surface area contributed by atoms with Crippen LogP contribution in [0.5, 0.6) is 0 Å². The molecule has 5 heteroatoms. The summed E-state index contributed by atoms with van der Waals surface area (Å²) in [7, 11) is 0. The van der Waals surface area contributed by atoms with Gasteiger partial charge in [0.2, 0.25) is 0 Å². The second-order valence-electron chi connectivity index (χ2n) is 5.01. The third-order valence-electron chi connectivity index (χ3n) is 3.75. The smallest absolute Gasteiger partial charge is 0.251 e. The Balaban J connectivity index is 2.62. The molecule has 0 atom stereocenters. The zero-order valence-electron chi connectivity index (χ0n) is 10.5. The Labute approximate surface area is 111 Å². The summed E-state index contributed by atoms with van der Waals surface area (Å²) in [4.78, 5) is 12.2. The molecule has 1 aliphatic carbocycles. The summed E-state index contributed by atoms with van der Waals surface area (Å²) in [6, 6.07) is 5.14. The average molecular weight is 263 g/mol. The van der Waals surface area contributed by atoms with Gasteiger partial charge >= 0.3 is 0 Å². The molecule has 0 unspecified atom stereocenters. The Kier molecular flexibility index (Phi) is 3.79. The topological polar surface area (TPSA) is 71.8 Å².